The summed E-state index contributed by atoms with van der Waals surface area (Å²) in [7, 11) is 0. The van der Waals surface area contributed by atoms with Crippen molar-refractivity contribution >= 4 is 24.1 Å². The molecule has 1 aromatic heterocycles. The summed E-state index contributed by atoms with van der Waals surface area (Å²) in [4.78, 5) is 24.6. The van der Waals surface area contributed by atoms with E-state index in [0.717, 1.165) is 5.56 Å². The number of halogens is 1. The molecule has 0 bridgehead atoms. The minimum atomic E-state index is -1.02. The molecule has 7 nitrogen and oxygen atoms in total. The van der Waals surface area contributed by atoms with Gasteiger partial charge in [-0.15, -0.1) is 12.4 Å². The zero-order chi connectivity index (χ0) is 18.4. The summed E-state index contributed by atoms with van der Waals surface area (Å²) >= 11 is 0. The Labute approximate surface area is 158 Å². The van der Waals surface area contributed by atoms with E-state index in [9.17, 15) is 9.59 Å². The normalized spacial score (nSPS) is 11.3. The number of carbonyl (C=O) groups excluding carboxylic acids is 1. The number of pyridine rings is 1. The van der Waals surface area contributed by atoms with Gasteiger partial charge in [0.05, 0.1) is 0 Å². The third kappa shape index (κ3) is 5.18. The maximum absolute atomic E-state index is 12.5. The smallest absolute Gasteiger partial charge is 0.270 e. The molecule has 1 atom stereocenters. The first-order chi connectivity index (χ1) is 11.9. The van der Waals surface area contributed by atoms with E-state index in [-0.39, 0.29) is 30.3 Å². The Balaban J connectivity index is 0.00000338. The van der Waals surface area contributed by atoms with Crippen molar-refractivity contribution in [3.63, 3.8) is 0 Å². The Morgan fingerprint density at radius 2 is 1.92 bits per heavy atom. The molecule has 2 rings (SSSR count). The summed E-state index contributed by atoms with van der Waals surface area (Å²) < 4.78 is 6.83. The first kappa shape index (κ1) is 21.4. The van der Waals surface area contributed by atoms with E-state index in [1.807, 2.05) is 0 Å². The van der Waals surface area contributed by atoms with Gasteiger partial charge in [-0.1, -0.05) is 30.3 Å². The average Bonchev–Trinajstić information content (AvgIpc) is 2.59. The molecule has 1 amide bonds. The fourth-order valence-corrected chi connectivity index (χ4v) is 2.41. The number of amides is 1. The van der Waals surface area contributed by atoms with Crippen molar-refractivity contribution in [3.05, 3.63) is 69.6 Å². The first-order valence-corrected chi connectivity index (χ1v) is 7.94. The molecule has 0 saturated heterocycles. The van der Waals surface area contributed by atoms with E-state index in [2.05, 4.69) is 5.32 Å². The summed E-state index contributed by atoms with van der Waals surface area (Å²) in [6, 6.07) is 11.8. The summed E-state index contributed by atoms with van der Waals surface area (Å²) in [5.41, 5.74) is 7.24. The van der Waals surface area contributed by atoms with Crippen molar-refractivity contribution in [2.24, 2.45) is 5.73 Å². The van der Waals surface area contributed by atoms with Crippen LogP contribution in [0.1, 0.15) is 30.0 Å². The lowest BCUT2D eigenvalue weighted by molar-refractivity contribution is -0.139. The van der Waals surface area contributed by atoms with Crippen LogP contribution in [-0.4, -0.2) is 22.9 Å². The molecule has 1 unspecified atom stereocenters. The standard InChI is InChI=1S/C18H22N4O3.ClH/c1-3-25-18(22-12(2)5-4-6-15(22)23)17(24)21-11-13-7-9-14(10-8-13)16(19)20;/h4-10,18H,3,11H2,1-2H3,(H3,19,20)(H,21,24);1H. The summed E-state index contributed by atoms with van der Waals surface area (Å²) in [6.07, 6.45) is -1.02. The largest absolute Gasteiger partial charge is 0.384 e. The number of carbonyl (C=O) groups is 1. The Hall–Kier alpha value is -2.64. The lowest BCUT2D eigenvalue weighted by Crippen LogP contribution is -2.39. The fourth-order valence-electron chi connectivity index (χ4n) is 2.41. The summed E-state index contributed by atoms with van der Waals surface area (Å²) in [5, 5.41) is 10.1. The van der Waals surface area contributed by atoms with E-state index in [1.54, 1.807) is 50.2 Å². The quantitative estimate of drug-likeness (QED) is 0.503. The van der Waals surface area contributed by atoms with Gasteiger partial charge in [-0.25, -0.2) is 0 Å². The zero-order valence-corrected chi connectivity index (χ0v) is 15.5. The van der Waals surface area contributed by atoms with Crippen LogP contribution in [-0.2, 0) is 16.1 Å². The van der Waals surface area contributed by atoms with Gasteiger partial charge < -0.3 is 15.8 Å². The van der Waals surface area contributed by atoms with Crippen LogP contribution < -0.4 is 16.6 Å². The first-order valence-electron chi connectivity index (χ1n) is 7.94. The third-order valence-corrected chi connectivity index (χ3v) is 3.71. The van der Waals surface area contributed by atoms with Crippen LogP contribution >= 0.6 is 12.4 Å². The van der Waals surface area contributed by atoms with E-state index in [1.165, 1.54) is 10.6 Å². The number of ether oxygens (including phenoxy) is 1. The van der Waals surface area contributed by atoms with E-state index < -0.39 is 12.1 Å². The molecule has 8 heteroatoms. The van der Waals surface area contributed by atoms with Gasteiger partial charge in [-0.2, -0.15) is 0 Å². The number of benzene rings is 1. The van der Waals surface area contributed by atoms with Gasteiger partial charge in [-0.05, 0) is 25.5 Å². The van der Waals surface area contributed by atoms with Crippen molar-refractivity contribution in [2.75, 3.05) is 6.61 Å². The van der Waals surface area contributed by atoms with Gasteiger partial charge in [0.15, 0.2) is 0 Å². The Kier molecular flexibility index (Phi) is 8.02. The van der Waals surface area contributed by atoms with Crippen molar-refractivity contribution in [2.45, 2.75) is 26.6 Å². The molecular weight excluding hydrogens is 356 g/mol. The van der Waals surface area contributed by atoms with Gasteiger partial charge in [0.1, 0.15) is 5.84 Å². The molecule has 0 radical (unpaired) electrons. The number of aromatic nitrogens is 1. The second kappa shape index (κ2) is 9.74. The van der Waals surface area contributed by atoms with Gasteiger partial charge >= 0.3 is 0 Å². The molecular formula is C18H23ClN4O3. The number of nitrogens with one attached hydrogen (secondary N) is 2. The van der Waals surface area contributed by atoms with Crippen LogP contribution in [0.25, 0.3) is 0 Å². The van der Waals surface area contributed by atoms with Crippen LogP contribution in [0.3, 0.4) is 0 Å². The van der Waals surface area contributed by atoms with Crippen LogP contribution in [0, 0.1) is 12.3 Å². The molecule has 0 aliphatic rings. The number of nitrogens with zero attached hydrogens (tertiary/aromatic N) is 1. The summed E-state index contributed by atoms with van der Waals surface area (Å²) in [5.74, 6) is -0.403. The highest BCUT2D eigenvalue weighted by Crippen LogP contribution is 2.10. The van der Waals surface area contributed by atoms with Crippen molar-refractivity contribution in [1.29, 1.82) is 5.41 Å². The fraction of sp³-hybridized carbons (Fsp3) is 0.278. The molecule has 140 valence electrons. The number of aryl methyl sites for hydroxylation is 1. The van der Waals surface area contributed by atoms with Gasteiger partial charge in [0.25, 0.3) is 11.5 Å². The average molecular weight is 379 g/mol. The van der Waals surface area contributed by atoms with Gasteiger partial charge in [0, 0.05) is 30.5 Å². The van der Waals surface area contributed by atoms with Crippen LogP contribution in [0.15, 0.2) is 47.3 Å². The number of nitrogen functional groups attached to an aromatic ring is 1. The van der Waals surface area contributed by atoms with E-state index >= 15 is 0 Å². The third-order valence-electron chi connectivity index (χ3n) is 3.71. The Morgan fingerprint density at radius 1 is 1.27 bits per heavy atom. The molecule has 0 saturated carbocycles. The minimum Gasteiger partial charge on any atom is -0.384 e. The lowest BCUT2D eigenvalue weighted by Gasteiger charge is -2.21. The van der Waals surface area contributed by atoms with Gasteiger partial charge in [0.2, 0.25) is 6.23 Å². The predicted octanol–water partition coefficient (Wildman–Crippen LogP) is 1.71. The van der Waals surface area contributed by atoms with Crippen LogP contribution in [0.5, 0.6) is 0 Å². The molecule has 26 heavy (non-hydrogen) atoms. The second-order valence-electron chi connectivity index (χ2n) is 5.51. The Bertz CT molecular complexity index is 818. The number of rotatable bonds is 7. The molecule has 4 N–H and O–H groups in total. The number of amidine groups is 1. The highest BCUT2D eigenvalue weighted by molar-refractivity contribution is 5.94. The number of hydrogen-bond acceptors (Lipinski definition) is 4. The predicted molar refractivity (Wildman–Crippen MR) is 103 cm³/mol. The molecule has 1 aromatic carbocycles. The topological polar surface area (TPSA) is 110 Å². The van der Waals surface area contributed by atoms with Crippen LogP contribution in [0.2, 0.25) is 0 Å². The van der Waals surface area contributed by atoms with Crippen molar-refractivity contribution in [3.8, 4) is 0 Å². The SMILES string of the molecule is CCOC(C(=O)NCc1ccc(C(=N)N)cc1)n1c(C)cccc1=O.Cl. The Morgan fingerprint density at radius 3 is 2.46 bits per heavy atom. The molecule has 0 spiro atoms. The second-order valence-corrected chi connectivity index (χ2v) is 5.51. The molecule has 2 aromatic rings. The molecule has 1 heterocycles. The monoisotopic (exact) mass is 378 g/mol. The molecule has 0 fully saturated rings. The minimum absolute atomic E-state index is 0. The molecule has 0 aliphatic carbocycles. The van der Waals surface area contributed by atoms with Crippen LogP contribution in [0.4, 0.5) is 0 Å². The highest BCUT2D eigenvalue weighted by Gasteiger charge is 2.22. The molecule has 0 aliphatic heterocycles. The van der Waals surface area contributed by atoms with E-state index in [4.69, 9.17) is 15.9 Å². The summed E-state index contributed by atoms with van der Waals surface area (Å²) in [6.45, 7) is 4.10. The number of hydrogen-bond donors (Lipinski definition) is 3. The van der Waals surface area contributed by atoms with E-state index in [0.29, 0.717) is 17.9 Å². The van der Waals surface area contributed by atoms with Gasteiger partial charge in [-0.3, -0.25) is 19.6 Å². The zero-order valence-electron chi connectivity index (χ0n) is 14.7. The number of nitrogens with two attached hydrogens (primary N) is 1. The maximum atomic E-state index is 12.5. The van der Waals surface area contributed by atoms with Crippen molar-refractivity contribution in [1.82, 2.24) is 9.88 Å². The lowest BCUT2D eigenvalue weighted by atomic mass is 10.1. The van der Waals surface area contributed by atoms with Crippen molar-refractivity contribution < 1.29 is 9.53 Å². The highest BCUT2D eigenvalue weighted by atomic mass is 35.5. The maximum Gasteiger partial charge on any atom is 0.270 e.